The van der Waals surface area contributed by atoms with Crippen LogP contribution in [-0.2, 0) is 7.05 Å². The quantitative estimate of drug-likeness (QED) is 0.726. The van der Waals surface area contributed by atoms with Crippen LogP contribution in [0.4, 0.5) is 5.69 Å². The molecule has 0 saturated heterocycles. The Bertz CT molecular complexity index is 713. The van der Waals surface area contributed by atoms with Gasteiger partial charge in [-0.1, -0.05) is 16.8 Å². The van der Waals surface area contributed by atoms with E-state index in [0.29, 0.717) is 28.0 Å². The molecule has 1 aromatic carbocycles. The molecule has 0 saturated carbocycles. The fraction of sp³-hybridized carbons (Fsp3) is 0.0833. The zero-order valence-corrected chi connectivity index (χ0v) is 10.8. The molecule has 19 heavy (non-hydrogen) atoms. The lowest BCUT2D eigenvalue weighted by Crippen LogP contribution is -1.86. The number of nitrogens with two attached hydrogens (primary N) is 1. The Hall–Kier alpha value is -2.34. The predicted molar refractivity (Wildman–Crippen MR) is 71.4 cm³/mol. The predicted octanol–water partition coefficient (Wildman–Crippen LogP) is 2.37. The van der Waals surface area contributed by atoms with Gasteiger partial charge < -0.3 is 10.3 Å². The van der Waals surface area contributed by atoms with Crippen LogP contribution in [0, 0.1) is 0 Å². The number of hydrogen-bond acceptors (Lipinski definition) is 5. The van der Waals surface area contributed by atoms with Crippen molar-refractivity contribution in [2.45, 2.75) is 0 Å². The molecule has 0 aliphatic carbocycles. The minimum Gasteiger partial charge on any atom is -0.399 e. The van der Waals surface area contributed by atoms with Gasteiger partial charge in [0.2, 0.25) is 5.82 Å². The van der Waals surface area contributed by atoms with E-state index in [9.17, 15) is 0 Å². The third-order valence-corrected chi connectivity index (χ3v) is 2.77. The molecule has 7 heteroatoms. The summed E-state index contributed by atoms with van der Waals surface area (Å²) < 4.78 is 6.88. The van der Waals surface area contributed by atoms with Gasteiger partial charge in [-0.25, -0.2) is 0 Å². The maximum atomic E-state index is 5.94. The highest BCUT2D eigenvalue weighted by Gasteiger charge is 2.12. The van der Waals surface area contributed by atoms with Gasteiger partial charge in [0, 0.05) is 29.5 Å². The molecule has 0 bridgehead atoms. The molecule has 3 rings (SSSR count). The van der Waals surface area contributed by atoms with E-state index >= 15 is 0 Å². The standard InChI is InChI=1S/C12H10ClN5O/c1-18-6-8(5-15-18)11-16-12(19-17-11)7-2-9(13)4-10(14)3-7/h2-6H,14H2,1H3. The van der Waals surface area contributed by atoms with Gasteiger partial charge in [-0.3, -0.25) is 4.68 Å². The normalized spacial score (nSPS) is 10.8. The van der Waals surface area contributed by atoms with Crippen molar-refractivity contribution in [2.75, 3.05) is 5.73 Å². The Kier molecular flexibility index (Phi) is 2.72. The fourth-order valence-electron chi connectivity index (χ4n) is 1.73. The van der Waals surface area contributed by atoms with Crippen LogP contribution >= 0.6 is 11.6 Å². The van der Waals surface area contributed by atoms with Gasteiger partial charge in [-0.2, -0.15) is 10.1 Å². The second kappa shape index (κ2) is 4.40. The summed E-state index contributed by atoms with van der Waals surface area (Å²) in [5, 5.41) is 8.49. The first-order chi connectivity index (χ1) is 9.11. The van der Waals surface area contributed by atoms with Gasteiger partial charge in [-0.15, -0.1) is 0 Å². The van der Waals surface area contributed by atoms with E-state index in [1.54, 1.807) is 35.3 Å². The molecular formula is C12H10ClN5O. The average Bonchev–Trinajstić information content (AvgIpc) is 2.95. The summed E-state index contributed by atoms with van der Waals surface area (Å²) in [6.07, 6.45) is 3.47. The molecule has 0 aliphatic heterocycles. The minimum atomic E-state index is 0.369. The van der Waals surface area contributed by atoms with Crippen molar-refractivity contribution < 1.29 is 4.52 Å². The number of anilines is 1. The smallest absolute Gasteiger partial charge is 0.258 e. The molecule has 0 spiro atoms. The summed E-state index contributed by atoms with van der Waals surface area (Å²) in [7, 11) is 1.82. The summed E-state index contributed by atoms with van der Waals surface area (Å²) in [6, 6.07) is 5.11. The summed E-state index contributed by atoms with van der Waals surface area (Å²) in [4.78, 5) is 4.30. The van der Waals surface area contributed by atoms with Crippen LogP contribution in [0.1, 0.15) is 0 Å². The van der Waals surface area contributed by atoms with Crippen LogP contribution in [-0.4, -0.2) is 19.9 Å². The van der Waals surface area contributed by atoms with E-state index in [2.05, 4.69) is 15.2 Å². The number of nitrogens with zero attached hydrogens (tertiary/aromatic N) is 4. The largest absolute Gasteiger partial charge is 0.399 e. The van der Waals surface area contributed by atoms with Crippen molar-refractivity contribution in [3.8, 4) is 22.8 Å². The second-order valence-corrected chi connectivity index (χ2v) is 4.54. The third-order valence-electron chi connectivity index (χ3n) is 2.56. The summed E-state index contributed by atoms with van der Waals surface area (Å²) in [5.41, 5.74) is 7.75. The second-order valence-electron chi connectivity index (χ2n) is 4.10. The molecule has 96 valence electrons. The zero-order valence-electron chi connectivity index (χ0n) is 10.0. The first kappa shape index (κ1) is 11.7. The highest BCUT2D eigenvalue weighted by atomic mass is 35.5. The summed E-state index contributed by atoms with van der Waals surface area (Å²) in [5.74, 6) is 0.842. The molecule has 0 fully saturated rings. The lowest BCUT2D eigenvalue weighted by atomic mass is 10.2. The van der Waals surface area contributed by atoms with Crippen molar-refractivity contribution in [3.05, 3.63) is 35.6 Å². The van der Waals surface area contributed by atoms with Gasteiger partial charge in [0.05, 0.1) is 11.8 Å². The SMILES string of the molecule is Cn1cc(-c2noc(-c3cc(N)cc(Cl)c3)n2)cn1. The molecule has 3 aromatic rings. The first-order valence-electron chi connectivity index (χ1n) is 5.51. The first-order valence-corrected chi connectivity index (χ1v) is 5.89. The molecule has 6 nitrogen and oxygen atoms in total. The molecule has 0 amide bonds. The molecule has 2 N–H and O–H groups in total. The Balaban J connectivity index is 2.01. The number of aryl methyl sites for hydroxylation is 1. The van der Waals surface area contributed by atoms with Gasteiger partial charge in [0.1, 0.15) is 0 Å². The monoisotopic (exact) mass is 275 g/mol. The molecule has 0 radical (unpaired) electrons. The minimum absolute atomic E-state index is 0.369. The number of halogens is 1. The van der Waals surface area contributed by atoms with E-state index in [0.717, 1.165) is 5.56 Å². The van der Waals surface area contributed by atoms with Crippen molar-refractivity contribution >= 4 is 17.3 Å². The maximum Gasteiger partial charge on any atom is 0.258 e. The number of aromatic nitrogens is 4. The fourth-order valence-corrected chi connectivity index (χ4v) is 1.97. The van der Waals surface area contributed by atoms with Crippen LogP contribution < -0.4 is 5.73 Å². The average molecular weight is 276 g/mol. The van der Waals surface area contributed by atoms with Crippen molar-refractivity contribution in [2.24, 2.45) is 7.05 Å². The number of nitrogen functional groups attached to an aromatic ring is 1. The van der Waals surface area contributed by atoms with Crippen LogP contribution in [0.5, 0.6) is 0 Å². The molecule has 2 heterocycles. The summed E-state index contributed by atoms with van der Waals surface area (Å²) in [6.45, 7) is 0. The molecule has 0 atom stereocenters. The third kappa shape index (κ3) is 2.30. The lowest BCUT2D eigenvalue weighted by Gasteiger charge is -1.98. The van der Waals surface area contributed by atoms with E-state index in [1.807, 2.05) is 7.05 Å². The van der Waals surface area contributed by atoms with Gasteiger partial charge in [-0.05, 0) is 18.2 Å². The highest BCUT2D eigenvalue weighted by molar-refractivity contribution is 6.31. The summed E-state index contributed by atoms with van der Waals surface area (Å²) >= 11 is 5.94. The van der Waals surface area contributed by atoms with Crippen LogP contribution in [0.25, 0.3) is 22.8 Å². The Morgan fingerprint density at radius 2 is 2.11 bits per heavy atom. The topological polar surface area (TPSA) is 82.8 Å². The van der Waals surface area contributed by atoms with Crippen LogP contribution in [0.2, 0.25) is 5.02 Å². The van der Waals surface area contributed by atoms with Crippen molar-refractivity contribution in [1.82, 2.24) is 19.9 Å². The Labute approximate surface area is 113 Å². The lowest BCUT2D eigenvalue weighted by molar-refractivity contribution is 0.432. The number of hydrogen-bond donors (Lipinski definition) is 1. The molecule has 2 aromatic heterocycles. The highest BCUT2D eigenvalue weighted by Crippen LogP contribution is 2.26. The van der Waals surface area contributed by atoms with Gasteiger partial charge in [0.25, 0.3) is 5.89 Å². The zero-order chi connectivity index (χ0) is 13.4. The van der Waals surface area contributed by atoms with Crippen molar-refractivity contribution in [3.63, 3.8) is 0 Å². The molecule has 0 unspecified atom stereocenters. The van der Waals surface area contributed by atoms with Crippen LogP contribution in [0.15, 0.2) is 35.1 Å². The molecule has 0 aliphatic rings. The van der Waals surface area contributed by atoms with E-state index in [4.69, 9.17) is 21.9 Å². The number of rotatable bonds is 2. The number of benzene rings is 1. The maximum absolute atomic E-state index is 5.94. The van der Waals surface area contributed by atoms with E-state index in [-0.39, 0.29) is 0 Å². The Morgan fingerprint density at radius 1 is 1.26 bits per heavy atom. The Morgan fingerprint density at radius 3 is 2.79 bits per heavy atom. The van der Waals surface area contributed by atoms with E-state index in [1.165, 1.54) is 0 Å². The van der Waals surface area contributed by atoms with E-state index < -0.39 is 0 Å². The van der Waals surface area contributed by atoms with Crippen LogP contribution in [0.3, 0.4) is 0 Å². The molecular weight excluding hydrogens is 266 g/mol. The van der Waals surface area contributed by atoms with Crippen molar-refractivity contribution in [1.29, 1.82) is 0 Å². The van der Waals surface area contributed by atoms with Gasteiger partial charge >= 0.3 is 0 Å². The van der Waals surface area contributed by atoms with Gasteiger partial charge in [0.15, 0.2) is 0 Å².